The van der Waals surface area contributed by atoms with Gasteiger partial charge in [0.15, 0.2) is 0 Å². The minimum atomic E-state index is -0.0764. The zero-order chi connectivity index (χ0) is 5.98. The summed E-state index contributed by atoms with van der Waals surface area (Å²) >= 11 is 0. The van der Waals surface area contributed by atoms with Crippen LogP contribution in [0.4, 0.5) is 0 Å². The second-order valence-electron chi connectivity index (χ2n) is 1.49. The van der Waals surface area contributed by atoms with Gasteiger partial charge in [-0.25, -0.2) is 0 Å². The third-order valence-corrected chi connectivity index (χ3v) is 0.882. The summed E-state index contributed by atoms with van der Waals surface area (Å²) in [4.78, 5) is 0. The molecule has 0 amide bonds. The Labute approximate surface area is 47.6 Å². The van der Waals surface area contributed by atoms with Crippen LogP contribution in [-0.4, -0.2) is 17.1 Å². The van der Waals surface area contributed by atoms with Gasteiger partial charge in [-0.15, -0.1) is 0 Å². The second-order valence-corrected chi connectivity index (χ2v) is 1.49. The fraction of sp³-hybridized carbons (Fsp3) is 0. The van der Waals surface area contributed by atoms with Gasteiger partial charge in [-0.2, -0.15) is 0 Å². The van der Waals surface area contributed by atoms with Crippen LogP contribution < -0.4 is 0 Å². The molecule has 0 aliphatic heterocycles. The minimum absolute atomic E-state index is 0.0764. The molecule has 0 saturated heterocycles. The Balaban J connectivity index is 3.13. The molecule has 3 heteroatoms. The van der Waals surface area contributed by atoms with Gasteiger partial charge in [-0.05, 0) is 0 Å². The van der Waals surface area contributed by atoms with E-state index in [4.69, 9.17) is 10.2 Å². The maximum absolute atomic E-state index is 8.67. The first kappa shape index (κ1) is 5.16. The standard InChI is InChI=1S/C5H5BO2/c7-4-2-1-3-6-5(4)8/h1-3,7-8H. The van der Waals surface area contributed by atoms with Gasteiger partial charge in [0, 0.05) is 0 Å². The molecule has 1 heterocycles. The predicted molar refractivity (Wildman–Crippen MR) is 31.1 cm³/mol. The van der Waals surface area contributed by atoms with Gasteiger partial charge < -0.3 is 0 Å². The number of hydrogen-bond donors (Lipinski definition) is 2. The topological polar surface area (TPSA) is 40.5 Å². The van der Waals surface area contributed by atoms with Crippen molar-refractivity contribution in [1.29, 1.82) is 0 Å². The average molecular weight is 108 g/mol. The van der Waals surface area contributed by atoms with Crippen molar-refractivity contribution in [1.82, 2.24) is 0 Å². The molecule has 0 unspecified atom stereocenters. The number of rotatable bonds is 0. The van der Waals surface area contributed by atoms with Gasteiger partial charge >= 0.3 is 46.6 Å². The molecular weight excluding hydrogens is 103 g/mol. The van der Waals surface area contributed by atoms with Crippen LogP contribution >= 0.6 is 0 Å². The molecule has 1 aromatic heterocycles. The second kappa shape index (κ2) is 1.86. The van der Waals surface area contributed by atoms with E-state index in [-0.39, 0.29) is 11.4 Å². The summed E-state index contributed by atoms with van der Waals surface area (Å²) in [5.41, 5.74) is -0.0764. The summed E-state index contributed by atoms with van der Waals surface area (Å²) in [7, 11) is 0. The van der Waals surface area contributed by atoms with E-state index in [1.165, 1.54) is 13.0 Å². The molecule has 1 rings (SSSR count). The summed E-state index contributed by atoms with van der Waals surface area (Å²) < 4.78 is 0. The van der Waals surface area contributed by atoms with Gasteiger partial charge in [0.25, 0.3) is 0 Å². The molecule has 0 aromatic carbocycles. The molecule has 0 saturated carbocycles. The van der Waals surface area contributed by atoms with Gasteiger partial charge in [-0.1, -0.05) is 0 Å². The van der Waals surface area contributed by atoms with Crippen molar-refractivity contribution in [3.8, 4) is 11.4 Å². The molecule has 0 radical (unpaired) electrons. The summed E-state index contributed by atoms with van der Waals surface area (Å²) in [5, 5.41) is 17.3. The molecule has 0 atom stereocenters. The Morgan fingerprint density at radius 1 is 1.38 bits per heavy atom. The van der Waals surface area contributed by atoms with Crippen LogP contribution in [-0.2, 0) is 0 Å². The van der Waals surface area contributed by atoms with E-state index in [2.05, 4.69) is 0 Å². The Morgan fingerprint density at radius 2 is 2.12 bits per heavy atom. The molecule has 0 fully saturated rings. The van der Waals surface area contributed by atoms with Crippen LogP contribution in [0.25, 0.3) is 0 Å². The summed E-state index contributed by atoms with van der Waals surface area (Å²) in [6.07, 6.45) is 0. The van der Waals surface area contributed by atoms with Crippen LogP contribution in [0.3, 0.4) is 0 Å². The van der Waals surface area contributed by atoms with Crippen molar-refractivity contribution in [2.24, 2.45) is 0 Å². The van der Waals surface area contributed by atoms with Crippen molar-refractivity contribution in [2.75, 3.05) is 0 Å². The zero-order valence-corrected chi connectivity index (χ0v) is 4.20. The fourth-order valence-corrected chi connectivity index (χ4v) is 0.464. The van der Waals surface area contributed by atoms with Crippen LogP contribution in [0.2, 0.25) is 0 Å². The van der Waals surface area contributed by atoms with Crippen LogP contribution in [0.5, 0.6) is 11.4 Å². The fourth-order valence-electron chi connectivity index (χ4n) is 0.464. The summed E-state index contributed by atoms with van der Waals surface area (Å²) in [6, 6.07) is 3.07. The number of hydrogen-bond acceptors (Lipinski definition) is 2. The molecule has 1 aromatic rings. The van der Waals surface area contributed by atoms with Gasteiger partial charge in [-0.3, -0.25) is 0 Å². The predicted octanol–water partition coefficient (Wildman–Crippen LogP) is 0.436. The van der Waals surface area contributed by atoms with Crippen LogP contribution in [0.1, 0.15) is 0 Å². The van der Waals surface area contributed by atoms with Crippen molar-refractivity contribution < 1.29 is 10.2 Å². The van der Waals surface area contributed by atoms with E-state index in [9.17, 15) is 0 Å². The molecule has 2 N–H and O–H groups in total. The Kier molecular flexibility index (Phi) is 1.20. The molecule has 0 spiro atoms. The summed E-state index contributed by atoms with van der Waals surface area (Å²) in [6.45, 7) is 1.43. The van der Waals surface area contributed by atoms with Crippen molar-refractivity contribution in [3.63, 3.8) is 0 Å². The average Bonchev–Trinajstić information content (AvgIpc) is 1.77. The van der Waals surface area contributed by atoms with Gasteiger partial charge in [0.1, 0.15) is 0 Å². The van der Waals surface area contributed by atoms with Crippen LogP contribution in [0, 0.1) is 0 Å². The third kappa shape index (κ3) is 0.806. The third-order valence-electron chi connectivity index (χ3n) is 0.882. The van der Waals surface area contributed by atoms with E-state index in [1.54, 1.807) is 12.0 Å². The molecule has 40 valence electrons. The quantitative estimate of drug-likeness (QED) is 0.506. The SMILES string of the molecule is Oc1bcccc1O. The Hall–Kier alpha value is -0.985. The Bertz CT molecular complexity index is 167. The normalized spacial score (nSPS) is 8.50. The van der Waals surface area contributed by atoms with Gasteiger partial charge in [0.2, 0.25) is 0 Å². The first-order valence-corrected chi connectivity index (χ1v) is 2.27. The first-order valence-electron chi connectivity index (χ1n) is 2.27. The van der Waals surface area contributed by atoms with Crippen LogP contribution in [0.15, 0.2) is 18.1 Å². The van der Waals surface area contributed by atoms with E-state index >= 15 is 0 Å². The van der Waals surface area contributed by atoms with Crippen molar-refractivity contribution in [3.05, 3.63) is 18.1 Å². The van der Waals surface area contributed by atoms with Crippen molar-refractivity contribution >= 4 is 6.91 Å². The summed E-state index contributed by atoms with van der Waals surface area (Å²) in [5.74, 6) is 1.57. The van der Waals surface area contributed by atoms with Gasteiger partial charge in [0.05, 0.1) is 0 Å². The molecule has 2 nitrogen and oxygen atoms in total. The van der Waals surface area contributed by atoms with E-state index in [0.717, 1.165) is 0 Å². The maximum atomic E-state index is 8.67. The monoisotopic (exact) mass is 108 g/mol. The first-order chi connectivity index (χ1) is 3.80. The van der Waals surface area contributed by atoms with E-state index < -0.39 is 0 Å². The molecule has 8 heavy (non-hydrogen) atoms. The molecule has 0 aliphatic carbocycles. The Morgan fingerprint density at radius 3 is 2.50 bits per heavy atom. The molecule has 0 aliphatic rings. The zero-order valence-electron chi connectivity index (χ0n) is 4.20. The molecule has 0 bridgehead atoms. The van der Waals surface area contributed by atoms with Crippen molar-refractivity contribution in [2.45, 2.75) is 0 Å². The van der Waals surface area contributed by atoms with E-state index in [0.29, 0.717) is 0 Å². The molecular formula is C5H5BO2. The van der Waals surface area contributed by atoms with E-state index in [1.807, 2.05) is 0 Å². The number of aromatic hydroxyl groups is 2.